The third-order valence-electron chi connectivity index (χ3n) is 6.56. The lowest BCUT2D eigenvalue weighted by Gasteiger charge is -2.13. The second-order valence-electron chi connectivity index (χ2n) is 10.9. The van der Waals surface area contributed by atoms with Crippen molar-refractivity contribution in [2.75, 3.05) is 12.0 Å². The number of furan rings is 1. The van der Waals surface area contributed by atoms with Crippen LogP contribution in [0.3, 0.4) is 0 Å². The summed E-state index contributed by atoms with van der Waals surface area (Å²) in [7, 11) is -3.17. The molecule has 4 aromatic rings. The molecule has 0 radical (unpaired) electrons. The molecule has 0 atom stereocenters. The molecule has 1 aromatic carbocycles. The average Bonchev–Trinajstić information content (AvgIpc) is 3.52. The maximum atomic E-state index is 13.7. The maximum Gasteiger partial charge on any atom is 0.269 e. The number of thiazole rings is 1. The van der Waals surface area contributed by atoms with Crippen molar-refractivity contribution in [1.82, 2.24) is 14.3 Å². The highest BCUT2D eigenvalue weighted by atomic mass is 35.5. The zero-order valence-electron chi connectivity index (χ0n) is 23.6. The van der Waals surface area contributed by atoms with Crippen LogP contribution in [0, 0.1) is 19.3 Å². The minimum Gasteiger partial charge on any atom is -0.457 e. The van der Waals surface area contributed by atoms with Crippen molar-refractivity contribution in [2.24, 2.45) is 5.41 Å². The normalized spacial score (nSPS) is 13.4. The molecule has 0 N–H and O–H groups in total. The summed E-state index contributed by atoms with van der Waals surface area (Å²) >= 11 is 13.4. The van der Waals surface area contributed by atoms with E-state index in [4.69, 9.17) is 27.6 Å². The molecule has 12 heteroatoms. The number of halogens is 2. The highest BCUT2D eigenvalue weighted by Crippen LogP contribution is 2.29. The van der Waals surface area contributed by atoms with Gasteiger partial charge in [-0.3, -0.25) is 18.8 Å². The molecule has 41 heavy (non-hydrogen) atoms. The van der Waals surface area contributed by atoms with E-state index in [0.717, 1.165) is 16.8 Å². The zero-order valence-corrected chi connectivity index (χ0v) is 26.8. The number of hydrogen-bond donors (Lipinski definition) is 0. The fourth-order valence-corrected chi connectivity index (χ4v) is 5.90. The Balaban J connectivity index is 1.79. The van der Waals surface area contributed by atoms with E-state index >= 15 is 0 Å². The summed E-state index contributed by atoms with van der Waals surface area (Å²) in [5.74, 6) is 0.870. The van der Waals surface area contributed by atoms with Gasteiger partial charge in [-0.25, -0.2) is 8.42 Å². The second-order valence-corrected chi connectivity index (χ2v) is 15.1. The van der Waals surface area contributed by atoms with Crippen LogP contribution in [0.15, 0.2) is 39.5 Å². The van der Waals surface area contributed by atoms with E-state index in [1.54, 1.807) is 45.7 Å². The summed E-state index contributed by atoms with van der Waals surface area (Å²) < 4.78 is 33.5. The third-order valence-corrected chi connectivity index (χ3v) is 9.28. The van der Waals surface area contributed by atoms with Gasteiger partial charge in [0.2, 0.25) is 0 Å². The van der Waals surface area contributed by atoms with Gasteiger partial charge in [-0.05, 0) is 44.2 Å². The molecule has 0 fully saturated rings. The summed E-state index contributed by atoms with van der Waals surface area (Å²) in [6, 6.07) is 8.72. The van der Waals surface area contributed by atoms with Gasteiger partial charge in [0.05, 0.1) is 39.1 Å². The van der Waals surface area contributed by atoms with Gasteiger partial charge in [0, 0.05) is 40.6 Å². The van der Waals surface area contributed by atoms with Crippen LogP contribution in [0.25, 0.3) is 23.5 Å². The Labute approximate surface area is 252 Å². The van der Waals surface area contributed by atoms with E-state index in [1.165, 1.54) is 23.7 Å². The number of ketones is 1. The molecule has 0 aliphatic carbocycles. The molecule has 0 amide bonds. The molecule has 0 bridgehead atoms. The highest BCUT2D eigenvalue weighted by molar-refractivity contribution is 7.90. The lowest BCUT2D eigenvalue weighted by molar-refractivity contribution is -0.120. The van der Waals surface area contributed by atoms with E-state index in [0.29, 0.717) is 36.5 Å². The Morgan fingerprint density at radius 2 is 1.83 bits per heavy atom. The molecule has 3 heterocycles. The van der Waals surface area contributed by atoms with Gasteiger partial charge in [-0.1, -0.05) is 44.0 Å². The monoisotopic (exact) mass is 635 g/mol. The molecule has 4 rings (SSSR count). The van der Waals surface area contributed by atoms with Crippen LogP contribution < -0.4 is 14.8 Å². The second kappa shape index (κ2) is 11.8. The SMILES string of the molecule is Cc1nn(CCS(C)(=O)=O)c(C)c1Cn1c(=O)/c(=C/c2ccc(-c3ccc(Cl)c(Cl)c3)o2)s/c1=C\C(=O)C(C)(C)C. The van der Waals surface area contributed by atoms with Crippen LogP contribution in [0.1, 0.15) is 43.5 Å². The molecule has 218 valence electrons. The molecular weight excluding hydrogens is 605 g/mol. The smallest absolute Gasteiger partial charge is 0.269 e. The molecule has 0 spiro atoms. The molecule has 0 unspecified atom stereocenters. The van der Waals surface area contributed by atoms with Crippen molar-refractivity contribution in [3.05, 3.63) is 82.6 Å². The summed E-state index contributed by atoms with van der Waals surface area (Å²) in [4.78, 5) is 26.7. The molecule has 0 aliphatic rings. The molecule has 0 saturated heterocycles. The first-order valence-electron chi connectivity index (χ1n) is 12.8. The van der Waals surface area contributed by atoms with Gasteiger partial charge in [0.25, 0.3) is 5.56 Å². The number of rotatable bonds is 8. The van der Waals surface area contributed by atoms with E-state index in [1.807, 2.05) is 34.6 Å². The number of aromatic nitrogens is 3. The average molecular weight is 637 g/mol. The first-order valence-corrected chi connectivity index (χ1v) is 16.4. The number of benzene rings is 1. The first kappa shape index (κ1) is 31.0. The quantitative estimate of drug-likeness (QED) is 0.280. The maximum absolute atomic E-state index is 13.7. The summed E-state index contributed by atoms with van der Waals surface area (Å²) in [5.41, 5.74) is 2.07. The Morgan fingerprint density at radius 3 is 2.46 bits per heavy atom. The molecule has 8 nitrogen and oxygen atoms in total. The zero-order chi connectivity index (χ0) is 30.3. The standard InChI is InChI=1S/C29H31Cl2N3O5S2/c1-17-21(18(2)34(32-17)11-12-41(6,37)38)16-33-27(15-26(35)29(3,4)5)40-25(28(33)36)14-20-8-10-24(39-20)19-7-9-22(30)23(31)13-19/h7-10,13-15H,11-12,16H2,1-6H3/b25-14-,27-15-. The summed E-state index contributed by atoms with van der Waals surface area (Å²) in [6.45, 7) is 9.52. The Morgan fingerprint density at radius 1 is 1.12 bits per heavy atom. The van der Waals surface area contributed by atoms with Crippen LogP contribution in [0.4, 0.5) is 0 Å². The van der Waals surface area contributed by atoms with Crippen LogP contribution in [-0.4, -0.2) is 40.6 Å². The lowest BCUT2D eigenvalue weighted by Crippen LogP contribution is -2.33. The largest absolute Gasteiger partial charge is 0.457 e. The van der Waals surface area contributed by atoms with Crippen LogP contribution >= 0.6 is 34.5 Å². The van der Waals surface area contributed by atoms with Crippen molar-refractivity contribution in [3.8, 4) is 11.3 Å². The van der Waals surface area contributed by atoms with Gasteiger partial charge >= 0.3 is 0 Å². The molecule has 0 aliphatic heterocycles. The minimum atomic E-state index is -3.17. The van der Waals surface area contributed by atoms with Gasteiger partial charge < -0.3 is 4.42 Å². The van der Waals surface area contributed by atoms with E-state index in [9.17, 15) is 18.0 Å². The fourth-order valence-electron chi connectivity index (χ4n) is 4.08. The van der Waals surface area contributed by atoms with Gasteiger partial charge in [0.15, 0.2) is 5.78 Å². The number of sulfone groups is 1. The third kappa shape index (κ3) is 7.30. The predicted molar refractivity (Wildman–Crippen MR) is 165 cm³/mol. The topological polar surface area (TPSA) is 104 Å². The van der Waals surface area contributed by atoms with Crippen molar-refractivity contribution >= 4 is 62.3 Å². The number of nitrogens with zero attached hydrogens (tertiary/aromatic N) is 3. The first-order chi connectivity index (χ1) is 19.0. The van der Waals surface area contributed by atoms with Crippen molar-refractivity contribution in [2.45, 2.75) is 47.7 Å². The Kier molecular flexibility index (Phi) is 8.90. The van der Waals surface area contributed by atoms with E-state index in [2.05, 4.69) is 5.10 Å². The number of carbonyl (C=O) groups is 1. The highest BCUT2D eigenvalue weighted by Gasteiger charge is 2.21. The molecule has 0 saturated carbocycles. The molecule has 3 aromatic heterocycles. The summed E-state index contributed by atoms with van der Waals surface area (Å²) in [6.07, 6.45) is 4.34. The Hall–Kier alpha value is -2.92. The Bertz CT molecular complexity index is 1920. The summed E-state index contributed by atoms with van der Waals surface area (Å²) in [5, 5.41) is 5.35. The number of Topliss-reactive ketones (excluding diaryl/α,β-unsaturated/α-hetero) is 1. The van der Waals surface area contributed by atoms with E-state index in [-0.39, 0.29) is 30.2 Å². The number of carbonyl (C=O) groups excluding carboxylic acids is 1. The van der Waals surface area contributed by atoms with Crippen LogP contribution in [0.5, 0.6) is 0 Å². The van der Waals surface area contributed by atoms with Gasteiger partial charge in [-0.15, -0.1) is 11.3 Å². The van der Waals surface area contributed by atoms with Gasteiger partial charge in [0.1, 0.15) is 26.0 Å². The van der Waals surface area contributed by atoms with Gasteiger partial charge in [-0.2, -0.15) is 5.10 Å². The van der Waals surface area contributed by atoms with Crippen LogP contribution in [0.2, 0.25) is 10.0 Å². The lowest BCUT2D eigenvalue weighted by atomic mass is 9.91. The number of hydrogen-bond acceptors (Lipinski definition) is 7. The van der Waals surface area contributed by atoms with Crippen molar-refractivity contribution < 1.29 is 17.6 Å². The van der Waals surface area contributed by atoms with Crippen molar-refractivity contribution in [1.29, 1.82) is 0 Å². The minimum absolute atomic E-state index is 0.0433. The van der Waals surface area contributed by atoms with Crippen molar-refractivity contribution in [3.63, 3.8) is 0 Å². The number of aryl methyl sites for hydroxylation is 2. The molecular formula is C29H31Cl2N3O5S2. The van der Waals surface area contributed by atoms with E-state index < -0.39 is 15.3 Å². The predicted octanol–water partition coefficient (Wildman–Crippen LogP) is 4.61. The fraction of sp³-hybridized carbons (Fsp3) is 0.345. The van der Waals surface area contributed by atoms with Crippen LogP contribution in [-0.2, 0) is 27.7 Å².